The Kier molecular flexibility index (Phi) is 4.69. The zero-order chi connectivity index (χ0) is 19.9. The average molecular weight is 415 g/mol. The van der Waals surface area contributed by atoms with Gasteiger partial charge < -0.3 is 14.6 Å². The maximum atomic E-state index is 13.8. The highest BCUT2D eigenvalue weighted by Crippen LogP contribution is 2.47. The number of benzene rings is 3. The third kappa shape index (κ3) is 2.81. The lowest BCUT2D eigenvalue weighted by atomic mass is 9.68. The van der Waals surface area contributed by atoms with Crippen LogP contribution in [0.15, 0.2) is 60.7 Å². The second-order valence-electron chi connectivity index (χ2n) is 6.54. The monoisotopic (exact) mass is 414 g/mol. The van der Waals surface area contributed by atoms with Gasteiger partial charge >= 0.3 is 0 Å². The highest BCUT2D eigenvalue weighted by Gasteiger charge is 2.48. The van der Waals surface area contributed by atoms with Gasteiger partial charge in [-0.1, -0.05) is 59.6 Å². The van der Waals surface area contributed by atoms with E-state index < -0.39 is 5.41 Å². The third-order valence-electron chi connectivity index (χ3n) is 5.03. The van der Waals surface area contributed by atoms with Gasteiger partial charge in [-0.2, -0.15) is 0 Å². The minimum Gasteiger partial charge on any atom is -0.507 e. The van der Waals surface area contributed by atoms with Crippen molar-refractivity contribution in [2.24, 2.45) is 0 Å². The van der Waals surface area contributed by atoms with Crippen molar-refractivity contribution in [1.82, 2.24) is 0 Å². The molecule has 3 aromatic carbocycles. The first-order valence-electron chi connectivity index (χ1n) is 8.57. The lowest BCUT2D eigenvalue weighted by molar-refractivity contribution is 0.0813. The van der Waals surface area contributed by atoms with Crippen molar-refractivity contribution >= 4 is 29.0 Å². The number of rotatable bonds is 3. The molecule has 1 atom stereocenters. The Morgan fingerprint density at radius 1 is 1.00 bits per heavy atom. The predicted octanol–water partition coefficient (Wildman–Crippen LogP) is 5.27. The number of ether oxygens (including phenoxy) is 2. The molecule has 1 aliphatic rings. The molecular weight excluding hydrogens is 399 g/mol. The number of methoxy groups -OCH3 is 1. The fourth-order valence-corrected chi connectivity index (χ4v) is 3.88. The van der Waals surface area contributed by atoms with E-state index in [-0.39, 0.29) is 29.5 Å². The zero-order valence-corrected chi connectivity index (χ0v) is 16.4. The molecule has 1 heterocycles. The quantitative estimate of drug-likeness (QED) is 0.634. The first kappa shape index (κ1) is 18.7. The third-order valence-corrected chi connectivity index (χ3v) is 5.77. The van der Waals surface area contributed by atoms with Crippen LogP contribution in [0.3, 0.4) is 0 Å². The first-order chi connectivity index (χ1) is 13.5. The Balaban J connectivity index is 1.98. The van der Waals surface area contributed by atoms with Gasteiger partial charge in [0.15, 0.2) is 5.78 Å². The van der Waals surface area contributed by atoms with E-state index in [0.29, 0.717) is 21.4 Å². The number of Topliss-reactive ketones (excluding diaryl/α,β-unsaturated/α-hetero) is 1. The van der Waals surface area contributed by atoms with Crippen LogP contribution < -0.4 is 9.47 Å². The van der Waals surface area contributed by atoms with E-state index >= 15 is 0 Å². The summed E-state index contributed by atoms with van der Waals surface area (Å²) in [4.78, 5) is 13.8. The van der Waals surface area contributed by atoms with Crippen molar-refractivity contribution in [3.63, 3.8) is 0 Å². The number of halogens is 2. The van der Waals surface area contributed by atoms with Crippen LogP contribution in [0.4, 0.5) is 0 Å². The summed E-state index contributed by atoms with van der Waals surface area (Å²) in [6.07, 6.45) is 0. The SMILES string of the molecule is COc1cc(O)c2c(c1)OCC(c1ccccc1)(c1ccc(Cl)c(Cl)c1)C2=O. The van der Waals surface area contributed by atoms with Crippen LogP contribution in [0.25, 0.3) is 0 Å². The van der Waals surface area contributed by atoms with Gasteiger partial charge in [-0.15, -0.1) is 0 Å². The van der Waals surface area contributed by atoms with Crippen LogP contribution in [0.5, 0.6) is 17.2 Å². The second kappa shape index (κ2) is 7.04. The van der Waals surface area contributed by atoms with Crippen LogP contribution in [0.2, 0.25) is 10.0 Å². The maximum absolute atomic E-state index is 13.8. The molecule has 1 aliphatic heterocycles. The lowest BCUT2D eigenvalue weighted by Crippen LogP contribution is -2.46. The van der Waals surface area contributed by atoms with Crippen LogP contribution in [-0.2, 0) is 5.41 Å². The smallest absolute Gasteiger partial charge is 0.188 e. The second-order valence-corrected chi connectivity index (χ2v) is 7.35. The van der Waals surface area contributed by atoms with E-state index in [0.717, 1.165) is 5.56 Å². The number of carbonyl (C=O) groups is 1. The first-order valence-corrected chi connectivity index (χ1v) is 9.32. The predicted molar refractivity (Wildman–Crippen MR) is 108 cm³/mol. The van der Waals surface area contributed by atoms with Crippen molar-refractivity contribution in [2.45, 2.75) is 5.41 Å². The highest BCUT2D eigenvalue weighted by molar-refractivity contribution is 6.42. The van der Waals surface area contributed by atoms with Gasteiger partial charge in [-0.3, -0.25) is 4.79 Å². The number of carbonyl (C=O) groups excluding carboxylic acids is 1. The molecule has 1 N–H and O–H groups in total. The standard InChI is InChI=1S/C22H16Cl2O4/c1-27-15-10-18(25)20-19(11-15)28-12-22(21(20)26,13-5-3-2-4-6-13)14-7-8-16(23)17(24)9-14/h2-11,25H,12H2,1H3. The molecule has 0 fully saturated rings. The Hall–Kier alpha value is -2.69. The summed E-state index contributed by atoms with van der Waals surface area (Å²) in [6, 6.07) is 17.4. The molecule has 0 aliphatic carbocycles. The van der Waals surface area contributed by atoms with Crippen LogP contribution in [0, 0.1) is 0 Å². The van der Waals surface area contributed by atoms with Crippen molar-refractivity contribution in [3.05, 3.63) is 87.4 Å². The van der Waals surface area contributed by atoms with Crippen molar-refractivity contribution in [2.75, 3.05) is 13.7 Å². The summed E-state index contributed by atoms with van der Waals surface area (Å²) in [5, 5.41) is 11.3. The van der Waals surface area contributed by atoms with E-state index in [9.17, 15) is 9.90 Å². The van der Waals surface area contributed by atoms with Crippen molar-refractivity contribution in [3.8, 4) is 17.2 Å². The summed E-state index contributed by atoms with van der Waals surface area (Å²) in [6.45, 7) is 0.0490. The van der Waals surface area contributed by atoms with Gasteiger partial charge in [0.05, 0.1) is 17.2 Å². The van der Waals surface area contributed by atoms with Gasteiger partial charge in [-0.05, 0) is 23.3 Å². The van der Waals surface area contributed by atoms with Gasteiger partial charge in [0.2, 0.25) is 0 Å². The van der Waals surface area contributed by atoms with Gasteiger partial charge in [0.25, 0.3) is 0 Å². The molecule has 3 aromatic rings. The topological polar surface area (TPSA) is 55.8 Å². The van der Waals surface area contributed by atoms with Crippen LogP contribution >= 0.6 is 23.2 Å². The number of ketones is 1. The zero-order valence-electron chi connectivity index (χ0n) is 14.9. The summed E-state index contributed by atoms with van der Waals surface area (Å²) >= 11 is 12.3. The molecule has 4 rings (SSSR count). The minimum absolute atomic E-state index is 0.0490. The minimum atomic E-state index is -1.17. The number of phenolic OH excluding ortho intramolecular Hbond substituents is 1. The van der Waals surface area contributed by atoms with Crippen LogP contribution in [-0.4, -0.2) is 24.6 Å². The molecule has 0 saturated carbocycles. The molecule has 0 aromatic heterocycles. The molecule has 0 amide bonds. The average Bonchev–Trinajstić information content (AvgIpc) is 2.71. The fraction of sp³-hybridized carbons (Fsp3) is 0.136. The molecule has 0 bridgehead atoms. The van der Waals surface area contributed by atoms with E-state index in [1.807, 2.05) is 30.3 Å². The summed E-state index contributed by atoms with van der Waals surface area (Å²) in [5.41, 5.74) is 0.314. The number of fused-ring (bicyclic) bond motifs is 1. The van der Waals surface area contributed by atoms with Crippen molar-refractivity contribution in [1.29, 1.82) is 0 Å². The Morgan fingerprint density at radius 3 is 2.43 bits per heavy atom. The van der Waals surface area contributed by atoms with Gasteiger partial charge in [0.1, 0.15) is 34.8 Å². The van der Waals surface area contributed by atoms with Gasteiger partial charge in [-0.25, -0.2) is 0 Å². The summed E-state index contributed by atoms with van der Waals surface area (Å²) < 4.78 is 11.1. The molecule has 1 unspecified atom stereocenters. The molecule has 0 spiro atoms. The molecular formula is C22H16Cl2O4. The van der Waals surface area contributed by atoms with Crippen LogP contribution in [0.1, 0.15) is 21.5 Å². The fourth-order valence-electron chi connectivity index (χ4n) is 3.58. The Morgan fingerprint density at radius 2 is 1.75 bits per heavy atom. The molecule has 28 heavy (non-hydrogen) atoms. The number of hydrogen-bond donors (Lipinski definition) is 1. The number of hydrogen-bond acceptors (Lipinski definition) is 4. The number of aromatic hydroxyl groups is 1. The molecule has 0 saturated heterocycles. The summed E-state index contributed by atoms with van der Waals surface area (Å²) in [7, 11) is 1.48. The normalized spacial score (nSPS) is 18.3. The lowest BCUT2D eigenvalue weighted by Gasteiger charge is -2.37. The highest BCUT2D eigenvalue weighted by atomic mass is 35.5. The largest absolute Gasteiger partial charge is 0.507 e. The molecule has 0 radical (unpaired) electrons. The number of phenols is 1. The van der Waals surface area contributed by atoms with E-state index in [1.165, 1.54) is 13.2 Å². The van der Waals surface area contributed by atoms with Gasteiger partial charge in [0, 0.05) is 12.1 Å². The van der Waals surface area contributed by atoms with E-state index in [4.69, 9.17) is 32.7 Å². The van der Waals surface area contributed by atoms with Crippen molar-refractivity contribution < 1.29 is 19.4 Å². The Labute approximate surface area is 172 Å². The Bertz CT molecular complexity index is 1070. The van der Waals surface area contributed by atoms with E-state index in [1.54, 1.807) is 24.3 Å². The summed E-state index contributed by atoms with van der Waals surface area (Å²) in [5.74, 6) is 0.220. The van der Waals surface area contributed by atoms with E-state index in [2.05, 4.69) is 0 Å². The molecule has 6 heteroatoms. The molecule has 142 valence electrons. The molecule has 4 nitrogen and oxygen atoms in total. The maximum Gasteiger partial charge on any atom is 0.188 e.